The summed E-state index contributed by atoms with van der Waals surface area (Å²) in [7, 11) is 0. The molecular formula is C12H13N3O. The van der Waals surface area contributed by atoms with E-state index < -0.39 is 11.9 Å². The highest BCUT2D eigenvalue weighted by Gasteiger charge is 2.12. The number of benzene rings is 1. The van der Waals surface area contributed by atoms with Crippen LogP contribution in [-0.2, 0) is 4.79 Å². The molecule has 0 saturated heterocycles. The lowest BCUT2D eigenvalue weighted by Gasteiger charge is -2.12. The molecule has 16 heavy (non-hydrogen) atoms. The predicted octanol–water partition coefficient (Wildman–Crippen LogP) is 1.11. The Morgan fingerprint density at radius 2 is 2.06 bits per heavy atom. The molecule has 2 aromatic rings. The number of carbonyl (C=O) groups excluding carboxylic acids is 1. The molecule has 0 aliphatic carbocycles. The Bertz CT molecular complexity index is 519. The molecule has 0 aliphatic heterocycles. The molecule has 1 aromatic heterocycles. The number of nitrogens with two attached hydrogens (primary N) is 2. The van der Waals surface area contributed by atoms with Crippen LogP contribution in [0.3, 0.4) is 0 Å². The Morgan fingerprint density at radius 1 is 1.31 bits per heavy atom. The van der Waals surface area contributed by atoms with Crippen molar-refractivity contribution in [3.05, 3.63) is 42.2 Å². The summed E-state index contributed by atoms with van der Waals surface area (Å²) < 4.78 is 0. The highest BCUT2D eigenvalue weighted by Crippen LogP contribution is 2.23. The van der Waals surface area contributed by atoms with Gasteiger partial charge in [-0.05, 0) is 10.9 Å². The summed E-state index contributed by atoms with van der Waals surface area (Å²) in [6.07, 6.45) is 3.60. The number of amides is 1. The minimum atomic E-state index is -0.402. The number of nitrogens with zero attached hydrogens (tertiary/aromatic N) is 1. The number of primary amides is 1. The standard InChI is InChI=1S/C12H13N3O/c13-11(5-12(14)16)10-7-15-6-8-3-1-2-4-9(8)10/h1-4,6-7,11H,5,13H2,(H2,14,16)/t11-/m1/s1. The van der Waals surface area contributed by atoms with Crippen LogP contribution in [0.4, 0.5) is 0 Å². The molecule has 0 radical (unpaired) electrons. The quantitative estimate of drug-likeness (QED) is 0.804. The fourth-order valence-corrected chi connectivity index (χ4v) is 1.76. The number of fused-ring (bicyclic) bond motifs is 1. The van der Waals surface area contributed by atoms with Crippen LogP contribution in [0.25, 0.3) is 10.8 Å². The Morgan fingerprint density at radius 3 is 2.81 bits per heavy atom. The van der Waals surface area contributed by atoms with Gasteiger partial charge in [0.2, 0.25) is 5.91 Å². The van der Waals surface area contributed by atoms with Crippen molar-refractivity contribution in [1.29, 1.82) is 0 Å². The fourth-order valence-electron chi connectivity index (χ4n) is 1.76. The van der Waals surface area contributed by atoms with Gasteiger partial charge in [-0.2, -0.15) is 0 Å². The van der Waals surface area contributed by atoms with Gasteiger partial charge in [-0.15, -0.1) is 0 Å². The van der Waals surface area contributed by atoms with E-state index in [1.54, 1.807) is 12.4 Å². The summed E-state index contributed by atoms with van der Waals surface area (Å²) in [4.78, 5) is 15.0. The lowest BCUT2D eigenvalue weighted by Crippen LogP contribution is -2.21. The Labute approximate surface area is 93.3 Å². The van der Waals surface area contributed by atoms with E-state index in [4.69, 9.17) is 11.5 Å². The molecule has 82 valence electrons. The van der Waals surface area contributed by atoms with Crippen molar-refractivity contribution in [2.45, 2.75) is 12.5 Å². The minimum absolute atomic E-state index is 0.135. The van der Waals surface area contributed by atoms with Gasteiger partial charge in [-0.25, -0.2) is 0 Å². The first kappa shape index (κ1) is 10.6. The second kappa shape index (κ2) is 4.28. The van der Waals surface area contributed by atoms with Gasteiger partial charge in [0.1, 0.15) is 0 Å². The van der Waals surface area contributed by atoms with E-state index in [2.05, 4.69) is 4.98 Å². The van der Waals surface area contributed by atoms with Gasteiger partial charge in [-0.3, -0.25) is 9.78 Å². The highest BCUT2D eigenvalue weighted by atomic mass is 16.1. The lowest BCUT2D eigenvalue weighted by molar-refractivity contribution is -0.118. The van der Waals surface area contributed by atoms with Crippen molar-refractivity contribution >= 4 is 16.7 Å². The molecule has 4 N–H and O–H groups in total. The molecule has 4 heteroatoms. The normalized spacial score (nSPS) is 12.6. The van der Waals surface area contributed by atoms with Crippen LogP contribution in [0.1, 0.15) is 18.0 Å². The van der Waals surface area contributed by atoms with Gasteiger partial charge in [0.15, 0.2) is 0 Å². The molecule has 1 aromatic carbocycles. The van der Waals surface area contributed by atoms with Crippen LogP contribution in [0.2, 0.25) is 0 Å². The predicted molar refractivity (Wildman–Crippen MR) is 62.5 cm³/mol. The van der Waals surface area contributed by atoms with Gasteiger partial charge in [0.25, 0.3) is 0 Å². The fraction of sp³-hybridized carbons (Fsp3) is 0.167. The van der Waals surface area contributed by atoms with E-state index in [1.165, 1.54) is 0 Å². The molecule has 0 saturated carbocycles. The Balaban J connectivity index is 2.47. The summed E-state index contributed by atoms with van der Waals surface area (Å²) in [6, 6.07) is 7.41. The van der Waals surface area contributed by atoms with Crippen molar-refractivity contribution in [2.24, 2.45) is 11.5 Å². The molecule has 0 fully saturated rings. The van der Waals surface area contributed by atoms with Gasteiger partial charge in [-0.1, -0.05) is 24.3 Å². The topological polar surface area (TPSA) is 82.0 Å². The van der Waals surface area contributed by atoms with Crippen LogP contribution < -0.4 is 11.5 Å². The van der Waals surface area contributed by atoms with Crippen molar-refractivity contribution in [3.8, 4) is 0 Å². The molecule has 4 nitrogen and oxygen atoms in total. The van der Waals surface area contributed by atoms with E-state index >= 15 is 0 Å². The molecule has 0 spiro atoms. The number of carbonyl (C=O) groups is 1. The Kier molecular flexibility index (Phi) is 2.83. The summed E-state index contributed by atoms with van der Waals surface area (Å²) in [5, 5.41) is 2.03. The van der Waals surface area contributed by atoms with Crippen LogP contribution in [0.15, 0.2) is 36.7 Å². The average molecular weight is 215 g/mol. The number of hydrogen-bond acceptors (Lipinski definition) is 3. The summed E-state index contributed by atoms with van der Waals surface area (Å²) in [5.74, 6) is -0.402. The summed E-state index contributed by atoms with van der Waals surface area (Å²) in [6.45, 7) is 0. The van der Waals surface area contributed by atoms with E-state index in [0.29, 0.717) is 0 Å². The molecule has 0 unspecified atom stereocenters. The third-order valence-electron chi connectivity index (χ3n) is 2.52. The maximum atomic E-state index is 10.8. The zero-order valence-electron chi connectivity index (χ0n) is 8.76. The smallest absolute Gasteiger partial charge is 0.219 e. The largest absolute Gasteiger partial charge is 0.370 e. The van der Waals surface area contributed by atoms with Crippen molar-refractivity contribution in [3.63, 3.8) is 0 Å². The van der Waals surface area contributed by atoms with Gasteiger partial charge >= 0.3 is 0 Å². The maximum absolute atomic E-state index is 10.8. The zero-order valence-corrected chi connectivity index (χ0v) is 8.76. The molecule has 0 bridgehead atoms. The summed E-state index contributed by atoms with van der Waals surface area (Å²) >= 11 is 0. The SMILES string of the molecule is NC(=O)C[C@@H](N)c1cncc2ccccc12. The third-order valence-corrected chi connectivity index (χ3v) is 2.52. The average Bonchev–Trinajstić information content (AvgIpc) is 2.27. The molecule has 1 heterocycles. The van der Waals surface area contributed by atoms with Crippen molar-refractivity contribution in [1.82, 2.24) is 4.98 Å². The summed E-state index contributed by atoms with van der Waals surface area (Å²) in [5.41, 5.74) is 11.9. The first-order chi connectivity index (χ1) is 7.68. The first-order valence-corrected chi connectivity index (χ1v) is 5.05. The Hall–Kier alpha value is -1.94. The van der Waals surface area contributed by atoms with Crippen LogP contribution >= 0.6 is 0 Å². The molecule has 0 aliphatic rings. The van der Waals surface area contributed by atoms with E-state index in [-0.39, 0.29) is 6.42 Å². The van der Waals surface area contributed by atoms with Crippen LogP contribution in [0.5, 0.6) is 0 Å². The lowest BCUT2D eigenvalue weighted by atomic mass is 10.00. The molecule has 2 rings (SSSR count). The van der Waals surface area contributed by atoms with Gasteiger partial charge in [0, 0.05) is 30.2 Å². The number of rotatable bonds is 3. The third kappa shape index (κ3) is 2.01. The van der Waals surface area contributed by atoms with E-state index in [9.17, 15) is 4.79 Å². The van der Waals surface area contributed by atoms with Crippen LogP contribution in [0, 0.1) is 0 Å². The van der Waals surface area contributed by atoms with Gasteiger partial charge in [0.05, 0.1) is 0 Å². The second-order valence-electron chi connectivity index (χ2n) is 3.73. The molecule has 1 amide bonds. The van der Waals surface area contributed by atoms with Crippen LogP contribution in [-0.4, -0.2) is 10.9 Å². The molecule has 1 atom stereocenters. The number of hydrogen-bond donors (Lipinski definition) is 2. The zero-order chi connectivity index (χ0) is 11.5. The van der Waals surface area contributed by atoms with Crippen molar-refractivity contribution < 1.29 is 4.79 Å². The van der Waals surface area contributed by atoms with E-state index in [0.717, 1.165) is 16.3 Å². The maximum Gasteiger partial charge on any atom is 0.219 e. The van der Waals surface area contributed by atoms with Crippen molar-refractivity contribution in [2.75, 3.05) is 0 Å². The highest BCUT2D eigenvalue weighted by molar-refractivity contribution is 5.85. The van der Waals surface area contributed by atoms with Gasteiger partial charge < -0.3 is 11.5 Å². The van der Waals surface area contributed by atoms with E-state index in [1.807, 2.05) is 24.3 Å². The second-order valence-corrected chi connectivity index (χ2v) is 3.73. The molecular weight excluding hydrogens is 202 g/mol. The number of pyridine rings is 1. The number of aromatic nitrogens is 1. The first-order valence-electron chi connectivity index (χ1n) is 5.05. The minimum Gasteiger partial charge on any atom is -0.370 e. The monoisotopic (exact) mass is 215 g/mol.